The normalized spacial score (nSPS) is 8.76. The molecule has 0 bridgehead atoms. The lowest BCUT2D eigenvalue weighted by Crippen LogP contribution is -2.33. The third-order valence-corrected chi connectivity index (χ3v) is 2.16. The van der Waals surface area contributed by atoms with Crippen molar-refractivity contribution in [1.82, 2.24) is 9.47 Å². The second-order valence-electron chi connectivity index (χ2n) is 3.29. The van der Waals surface area contributed by atoms with Crippen LogP contribution in [0.25, 0.3) is 0 Å². The van der Waals surface area contributed by atoms with Gasteiger partial charge in [-0.05, 0) is 12.1 Å². The molecule has 0 aliphatic carbocycles. The Hall–Kier alpha value is -2.57. The standard InChI is InChI=1S/C14H12N2O/c1-4-9-15-12-7-8-13(15)14(17)16(10-5-2)11-6-3/h1-3,7-8,12H,9-11H2. The molecule has 0 saturated carbocycles. The summed E-state index contributed by atoms with van der Waals surface area (Å²) in [5.41, 5.74) is 0.494. The topological polar surface area (TPSA) is 25.2 Å². The molecule has 17 heavy (non-hydrogen) atoms. The van der Waals surface area contributed by atoms with E-state index in [0.717, 1.165) is 0 Å². The van der Waals surface area contributed by atoms with Gasteiger partial charge in [-0.3, -0.25) is 4.79 Å². The van der Waals surface area contributed by atoms with E-state index in [0.29, 0.717) is 12.2 Å². The summed E-state index contributed by atoms with van der Waals surface area (Å²) in [4.78, 5) is 13.5. The minimum atomic E-state index is -0.207. The van der Waals surface area contributed by atoms with Crippen LogP contribution in [0.3, 0.4) is 0 Å². The van der Waals surface area contributed by atoms with E-state index in [9.17, 15) is 4.79 Å². The van der Waals surface area contributed by atoms with Gasteiger partial charge in [-0.15, -0.1) is 19.3 Å². The van der Waals surface area contributed by atoms with Gasteiger partial charge < -0.3 is 9.47 Å². The van der Waals surface area contributed by atoms with Crippen LogP contribution in [-0.4, -0.2) is 28.5 Å². The van der Waals surface area contributed by atoms with E-state index in [2.05, 4.69) is 17.8 Å². The van der Waals surface area contributed by atoms with Crippen LogP contribution in [0.4, 0.5) is 0 Å². The highest BCUT2D eigenvalue weighted by molar-refractivity contribution is 5.93. The van der Waals surface area contributed by atoms with Crippen molar-refractivity contribution in [2.24, 2.45) is 0 Å². The van der Waals surface area contributed by atoms with Crippen LogP contribution in [0.2, 0.25) is 0 Å². The van der Waals surface area contributed by atoms with Crippen molar-refractivity contribution in [2.75, 3.05) is 13.1 Å². The van der Waals surface area contributed by atoms with Crippen LogP contribution in [0.1, 0.15) is 10.5 Å². The van der Waals surface area contributed by atoms with Gasteiger partial charge in [-0.1, -0.05) is 17.8 Å². The number of terminal acetylenes is 3. The Kier molecular flexibility index (Phi) is 4.49. The smallest absolute Gasteiger partial charge is 0.272 e. The van der Waals surface area contributed by atoms with E-state index < -0.39 is 0 Å². The molecule has 0 spiro atoms. The average Bonchev–Trinajstić information content (AvgIpc) is 2.77. The number of hydrogen-bond donors (Lipinski definition) is 0. The Morgan fingerprint density at radius 1 is 1.24 bits per heavy atom. The summed E-state index contributed by atoms with van der Waals surface area (Å²) in [5, 5.41) is 0. The van der Waals surface area contributed by atoms with E-state index in [-0.39, 0.29) is 19.0 Å². The molecule has 0 fully saturated rings. The Balaban J connectivity index is 2.95. The molecule has 1 amide bonds. The van der Waals surface area contributed by atoms with Crippen molar-refractivity contribution in [1.29, 1.82) is 0 Å². The quantitative estimate of drug-likeness (QED) is 0.695. The Bertz CT molecular complexity index is 504. The third-order valence-electron chi connectivity index (χ3n) is 2.16. The van der Waals surface area contributed by atoms with Crippen LogP contribution in [-0.2, 0) is 6.54 Å². The van der Waals surface area contributed by atoms with Crippen LogP contribution in [0.5, 0.6) is 0 Å². The summed E-state index contributed by atoms with van der Waals surface area (Å²) < 4.78 is 1.68. The number of carbonyl (C=O) groups excluding carboxylic acids is 1. The molecular formula is C14H12N2O. The predicted molar refractivity (Wildman–Crippen MR) is 66.8 cm³/mol. The van der Waals surface area contributed by atoms with Crippen molar-refractivity contribution in [2.45, 2.75) is 6.54 Å². The number of aromatic nitrogens is 1. The molecule has 0 unspecified atom stereocenters. The first kappa shape index (κ1) is 12.5. The molecule has 1 aromatic rings. The first-order valence-electron chi connectivity index (χ1n) is 4.99. The lowest BCUT2D eigenvalue weighted by molar-refractivity contribution is 0.0786. The minimum absolute atomic E-state index is 0.185. The largest absolute Gasteiger partial charge is 0.332 e. The van der Waals surface area contributed by atoms with Crippen molar-refractivity contribution < 1.29 is 4.79 Å². The second kappa shape index (κ2) is 6.11. The molecule has 1 heterocycles. The summed E-state index contributed by atoms with van der Waals surface area (Å²) in [5.74, 6) is 7.09. The van der Waals surface area contributed by atoms with E-state index >= 15 is 0 Å². The summed E-state index contributed by atoms with van der Waals surface area (Å²) in [6.45, 7) is 0.711. The van der Waals surface area contributed by atoms with Crippen LogP contribution in [0, 0.1) is 37.0 Å². The van der Waals surface area contributed by atoms with Gasteiger partial charge in [0.25, 0.3) is 5.91 Å². The molecule has 0 radical (unpaired) electrons. The number of hydrogen-bond acceptors (Lipinski definition) is 1. The van der Waals surface area contributed by atoms with E-state index in [1.54, 1.807) is 22.9 Å². The highest BCUT2D eigenvalue weighted by atomic mass is 16.2. The van der Waals surface area contributed by atoms with Gasteiger partial charge in [-0.2, -0.15) is 0 Å². The molecule has 0 N–H and O–H groups in total. The maximum atomic E-state index is 12.1. The van der Waals surface area contributed by atoms with E-state index in [4.69, 9.17) is 19.3 Å². The van der Waals surface area contributed by atoms with E-state index in [1.165, 1.54) is 4.90 Å². The first-order chi connectivity index (χ1) is 8.24. The molecule has 3 nitrogen and oxygen atoms in total. The lowest BCUT2D eigenvalue weighted by atomic mass is 10.3. The summed E-state index contributed by atoms with van der Waals surface area (Å²) >= 11 is 0. The zero-order valence-electron chi connectivity index (χ0n) is 9.39. The summed E-state index contributed by atoms with van der Waals surface area (Å²) in [6.07, 6.45) is 17.4. The van der Waals surface area contributed by atoms with Crippen LogP contribution in [0.15, 0.2) is 18.3 Å². The fraction of sp³-hybridized carbons (Fsp3) is 0.214. The van der Waals surface area contributed by atoms with Gasteiger partial charge >= 0.3 is 0 Å². The zero-order chi connectivity index (χ0) is 12.7. The highest BCUT2D eigenvalue weighted by Crippen LogP contribution is 2.06. The highest BCUT2D eigenvalue weighted by Gasteiger charge is 2.16. The average molecular weight is 224 g/mol. The van der Waals surface area contributed by atoms with Crippen LogP contribution >= 0.6 is 0 Å². The van der Waals surface area contributed by atoms with Gasteiger partial charge in [0.2, 0.25) is 0 Å². The van der Waals surface area contributed by atoms with Gasteiger partial charge in [0.1, 0.15) is 5.69 Å². The molecular weight excluding hydrogens is 212 g/mol. The molecule has 0 aliphatic heterocycles. The number of nitrogens with zero attached hydrogens (tertiary/aromatic N) is 2. The Morgan fingerprint density at radius 2 is 1.88 bits per heavy atom. The fourth-order valence-electron chi connectivity index (χ4n) is 1.43. The minimum Gasteiger partial charge on any atom is -0.332 e. The van der Waals surface area contributed by atoms with Gasteiger partial charge in [0, 0.05) is 6.20 Å². The molecule has 0 atom stereocenters. The van der Waals surface area contributed by atoms with Gasteiger partial charge in [0.15, 0.2) is 0 Å². The van der Waals surface area contributed by atoms with Gasteiger partial charge in [0.05, 0.1) is 19.6 Å². The van der Waals surface area contributed by atoms with Crippen LogP contribution < -0.4 is 0 Å². The summed E-state index contributed by atoms with van der Waals surface area (Å²) in [7, 11) is 0. The van der Waals surface area contributed by atoms with Gasteiger partial charge in [-0.25, -0.2) is 0 Å². The SMILES string of the molecule is C#CCN(CC#C)C(=O)c1cccn1CC#C. The van der Waals surface area contributed by atoms with Crippen molar-refractivity contribution in [3.8, 4) is 37.0 Å². The Labute approximate surface area is 101 Å². The van der Waals surface area contributed by atoms with Crippen molar-refractivity contribution >= 4 is 5.91 Å². The van der Waals surface area contributed by atoms with E-state index in [1.807, 2.05) is 0 Å². The third kappa shape index (κ3) is 2.94. The first-order valence-corrected chi connectivity index (χ1v) is 4.99. The molecule has 0 aromatic carbocycles. The summed E-state index contributed by atoms with van der Waals surface area (Å²) in [6, 6.07) is 3.45. The lowest BCUT2D eigenvalue weighted by Gasteiger charge is -2.17. The molecule has 1 rings (SSSR count). The molecule has 84 valence electrons. The van der Waals surface area contributed by atoms with Crippen molar-refractivity contribution in [3.63, 3.8) is 0 Å². The molecule has 1 aromatic heterocycles. The molecule has 3 heteroatoms. The monoisotopic (exact) mass is 224 g/mol. The maximum Gasteiger partial charge on any atom is 0.272 e. The zero-order valence-corrected chi connectivity index (χ0v) is 9.39. The molecule has 0 aliphatic rings. The molecule has 0 saturated heterocycles. The number of amides is 1. The number of rotatable bonds is 4. The Morgan fingerprint density at radius 3 is 2.41 bits per heavy atom. The maximum absolute atomic E-state index is 12.1. The second-order valence-corrected chi connectivity index (χ2v) is 3.29. The van der Waals surface area contributed by atoms with Crippen molar-refractivity contribution in [3.05, 3.63) is 24.0 Å². The fourth-order valence-corrected chi connectivity index (χ4v) is 1.43. The predicted octanol–water partition coefficient (Wildman–Crippen LogP) is 0.830. The number of carbonyl (C=O) groups is 1.